The third kappa shape index (κ3) is 2.95. The van der Waals surface area contributed by atoms with Crippen molar-refractivity contribution in [3.8, 4) is 0 Å². The van der Waals surface area contributed by atoms with Gasteiger partial charge in [-0.05, 0) is 0 Å². The predicted octanol–water partition coefficient (Wildman–Crippen LogP) is 0.0961. The maximum absolute atomic E-state index is 11.9. The van der Waals surface area contributed by atoms with Crippen molar-refractivity contribution in [2.75, 3.05) is 40.3 Å². The van der Waals surface area contributed by atoms with Gasteiger partial charge >= 0.3 is 97.8 Å². The Morgan fingerprint density at radius 1 is 1.53 bits per heavy atom. The van der Waals surface area contributed by atoms with E-state index in [2.05, 4.69) is 23.6 Å². The zero-order chi connectivity index (χ0) is 11.4. The van der Waals surface area contributed by atoms with Crippen LogP contribution in [-0.2, 0) is 0 Å². The van der Waals surface area contributed by atoms with Crippen LogP contribution in [0.15, 0.2) is 0 Å². The van der Waals surface area contributed by atoms with Gasteiger partial charge in [0.2, 0.25) is 0 Å². The molecular formula is C10H20N3OSe+. The molecule has 0 spiro atoms. The van der Waals surface area contributed by atoms with E-state index in [-0.39, 0.29) is 15.0 Å². The van der Waals surface area contributed by atoms with Gasteiger partial charge in [0, 0.05) is 0 Å². The molecular weight excluding hydrogens is 257 g/mol. The number of amides is 1. The predicted molar refractivity (Wildman–Crippen MR) is 62.8 cm³/mol. The monoisotopic (exact) mass is 278 g/mol. The molecule has 0 unspecified atom stereocenters. The first kappa shape index (κ1) is 12.5. The van der Waals surface area contributed by atoms with Crippen molar-refractivity contribution in [3.05, 3.63) is 0 Å². The van der Waals surface area contributed by atoms with Gasteiger partial charge in [0.25, 0.3) is 0 Å². The maximum atomic E-state index is 11.9. The van der Waals surface area contributed by atoms with E-state index < -0.39 is 0 Å². The van der Waals surface area contributed by atoms with Crippen molar-refractivity contribution >= 4 is 24.5 Å². The molecule has 15 heavy (non-hydrogen) atoms. The summed E-state index contributed by atoms with van der Waals surface area (Å²) >= 11 is -0.0635. The standard InChI is InChI=1S/C10H20N3OSe/c1-5-13(6-2)10(14)15-9-11(3)7-8-12(9)4/h5-8H2,1-4H3/q+1. The third-order valence-electron chi connectivity index (χ3n) is 2.62. The molecule has 0 atom stereocenters. The number of hydrogen-bond acceptors (Lipinski definition) is 2. The molecule has 0 aromatic rings. The van der Waals surface area contributed by atoms with Crippen molar-refractivity contribution in [1.29, 1.82) is 0 Å². The molecule has 0 N–H and O–H groups in total. The average molecular weight is 277 g/mol. The van der Waals surface area contributed by atoms with E-state index in [0.29, 0.717) is 4.81 Å². The molecule has 0 radical (unpaired) electrons. The minimum atomic E-state index is -0.0635. The van der Waals surface area contributed by atoms with E-state index in [4.69, 9.17) is 0 Å². The summed E-state index contributed by atoms with van der Waals surface area (Å²) in [6.07, 6.45) is 0. The van der Waals surface area contributed by atoms with Crippen molar-refractivity contribution in [1.82, 2.24) is 9.80 Å². The molecule has 0 fully saturated rings. The van der Waals surface area contributed by atoms with Gasteiger partial charge in [-0.25, -0.2) is 0 Å². The molecule has 1 aliphatic heterocycles. The Bertz CT molecular complexity index is 274. The van der Waals surface area contributed by atoms with E-state index in [1.807, 2.05) is 18.7 Å². The summed E-state index contributed by atoms with van der Waals surface area (Å²) in [5, 5.41) is 0. The summed E-state index contributed by atoms with van der Waals surface area (Å²) < 4.78 is 3.40. The first-order valence-corrected chi connectivity index (χ1v) is 7.07. The molecule has 1 aliphatic rings. The van der Waals surface area contributed by atoms with E-state index in [0.717, 1.165) is 26.2 Å². The minimum absolute atomic E-state index is 0.0635. The van der Waals surface area contributed by atoms with Crippen LogP contribution < -0.4 is 0 Å². The molecule has 0 aliphatic carbocycles. The average Bonchev–Trinajstić information content (AvgIpc) is 2.51. The van der Waals surface area contributed by atoms with Gasteiger partial charge in [0.1, 0.15) is 0 Å². The molecule has 0 saturated carbocycles. The third-order valence-corrected chi connectivity index (χ3v) is 5.22. The van der Waals surface area contributed by atoms with Crippen LogP contribution in [0.4, 0.5) is 4.79 Å². The summed E-state index contributed by atoms with van der Waals surface area (Å²) in [4.78, 5) is 16.3. The van der Waals surface area contributed by atoms with E-state index in [1.54, 1.807) is 0 Å². The summed E-state index contributed by atoms with van der Waals surface area (Å²) in [7, 11) is 4.13. The van der Waals surface area contributed by atoms with Crippen molar-refractivity contribution in [2.24, 2.45) is 0 Å². The number of amidine groups is 1. The Hall–Kier alpha value is -0.541. The van der Waals surface area contributed by atoms with Crippen molar-refractivity contribution in [2.45, 2.75) is 13.8 Å². The van der Waals surface area contributed by atoms with Crippen LogP contribution in [0.1, 0.15) is 13.8 Å². The fourth-order valence-corrected chi connectivity index (χ4v) is 3.74. The Labute approximate surface area is 98.1 Å². The van der Waals surface area contributed by atoms with Gasteiger partial charge in [-0.15, -0.1) is 0 Å². The van der Waals surface area contributed by atoms with Crippen LogP contribution in [0.5, 0.6) is 0 Å². The quantitative estimate of drug-likeness (QED) is 0.538. The SMILES string of the molecule is CCN(CC)C(=O)[Se]C1=[N+](C)CCN1C. The number of rotatable bonds is 4. The molecule has 1 amide bonds. The van der Waals surface area contributed by atoms with E-state index in [9.17, 15) is 4.79 Å². The van der Waals surface area contributed by atoms with Crippen LogP contribution >= 0.6 is 0 Å². The molecule has 86 valence electrons. The number of carbonyl (C=O) groups excluding carboxylic acids is 1. The normalized spacial score (nSPS) is 16.1. The number of likely N-dealkylation sites (N-methyl/N-ethyl adjacent to an activating group) is 2. The van der Waals surface area contributed by atoms with E-state index in [1.165, 1.54) is 4.73 Å². The summed E-state index contributed by atoms with van der Waals surface area (Å²) in [6, 6.07) is 0. The summed E-state index contributed by atoms with van der Waals surface area (Å²) in [5.41, 5.74) is 0. The van der Waals surface area contributed by atoms with Crippen LogP contribution in [0.2, 0.25) is 0 Å². The fraction of sp³-hybridized carbons (Fsp3) is 0.800. The second-order valence-corrected chi connectivity index (χ2v) is 5.59. The molecule has 0 bridgehead atoms. The number of carbonyl (C=O) groups is 1. The molecule has 0 aromatic carbocycles. The molecule has 1 heterocycles. The molecule has 0 aromatic heterocycles. The molecule has 0 saturated heterocycles. The molecule has 5 heteroatoms. The van der Waals surface area contributed by atoms with Crippen LogP contribution in [0.3, 0.4) is 0 Å². The Morgan fingerprint density at radius 2 is 2.13 bits per heavy atom. The summed E-state index contributed by atoms with van der Waals surface area (Å²) in [5.74, 6) is 0. The van der Waals surface area contributed by atoms with Gasteiger partial charge in [0.15, 0.2) is 0 Å². The zero-order valence-corrected chi connectivity index (χ0v) is 11.7. The number of nitrogens with zero attached hydrogens (tertiary/aromatic N) is 3. The van der Waals surface area contributed by atoms with Gasteiger partial charge in [-0.3, -0.25) is 0 Å². The van der Waals surface area contributed by atoms with E-state index >= 15 is 0 Å². The van der Waals surface area contributed by atoms with Crippen LogP contribution in [-0.4, -0.2) is 79.1 Å². The summed E-state index contributed by atoms with van der Waals surface area (Å²) in [6.45, 7) is 7.78. The van der Waals surface area contributed by atoms with Crippen LogP contribution in [0.25, 0.3) is 0 Å². The first-order valence-electron chi connectivity index (χ1n) is 5.36. The molecule has 4 nitrogen and oxygen atoms in total. The topological polar surface area (TPSA) is 26.6 Å². The van der Waals surface area contributed by atoms with Gasteiger partial charge < -0.3 is 0 Å². The Morgan fingerprint density at radius 3 is 2.53 bits per heavy atom. The Balaban J connectivity index is 2.61. The van der Waals surface area contributed by atoms with Gasteiger partial charge in [0.05, 0.1) is 0 Å². The van der Waals surface area contributed by atoms with Crippen molar-refractivity contribution < 1.29 is 9.37 Å². The van der Waals surface area contributed by atoms with Crippen LogP contribution in [0, 0.1) is 0 Å². The molecule has 1 rings (SSSR count). The number of hydrogen-bond donors (Lipinski definition) is 0. The fourth-order valence-electron chi connectivity index (χ4n) is 1.56. The first-order chi connectivity index (χ1) is 7.10. The second kappa shape index (κ2) is 5.52. The second-order valence-electron chi connectivity index (χ2n) is 3.67. The Kier molecular flexibility index (Phi) is 4.61. The van der Waals surface area contributed by atoms with Gasteiger partial charge in [-0.1, -0.05) is 0 Å². The van der Waals surface area contributed by atoms with Gasteiger partial charge in [-0.2, -0.15) is 0 Å². The zero-order valence-electron chi connectivity index (χ0n) is 9.99. The van der Waals surface area contributed by atoms with Crippen molar-refractivity contribution in [3.63, 3.8) is 0 Å².